The van der Waals surface area contributed by atoms with Crippen LogP contribution in [-0.4, -0.2) is 41.9 Å². The number of hydrogen-bond acceptors (Lipinski definition) is 3. The van der Waals surface area contributed by atoms with Gasteiger partial charge in [0.15, 0.2) is 0 Å². The molecule has 4 heteroatoms. The molecule has 0 atom stereocenters. The molecule has 0 fully saturated rings. The fourth-order valence-corrected chi connectivity index (χ4v) is 0.667. The lowest BCUT2D eigenvalue weighted by molar-refractivity contribution is -0.138. The summed E-state index contributed by atoms with van der Waals surface area (Å²) in [4.78, 5) is 21.9. The quantitative estimate of drug-likeness (QED) is 0.641. The third-order valence-corrected chi connectivity index (χ3v) is 0.898. The highest BCUT2D eigenvalue weighted by Crippen LogP contribution is 1.81. The number of carbonyl (C=O) groups excluding carboxylic acids is 1. The van der Waals surface area contributed by atoms with Crippen LogP contribution in [0.5, 0.6) is 0 Å². The summed E-state index contributed by atoms with van der Waals surface area (Å²) < 4.78 is 0. The second-order valence-electron chi connectivity index (χ2n) is 2.27. The van der Waals surface area contributed by atoms with Crippen LogP contribution in [0.15, 0.2) is 0 Å². The molecule has 0 radical (unpaired) electrons. The van der Waals surface area contributed by atoms with Crippen LogP contribution in [0.2, 0.25) is 0 Å². The van der Waals surface area contributed by atoms with Crippen LogP contribution in [0.1, 0.15) is 14.4 Å². The van der Waals surface area contributed by atoms with Crippen molar-refractivity contribution in [2.45, 2.75) is 14.4 Å². The van der Waals surface area contributed by atoms with Gasteiger partial charge >= 0.3 is 5.97 Å². The van der Waals surface area contributed by atoms with E-state index in [1.165, 1.54) is 11.8 Å². The molecule has 0 aliphatic rings. The predicted octanol–water partition coefficient (Wildman–Crippen LogP) is 0.228. The molecule has 11 heavy (non-hydrogen) atoms. The van der Waals surface area contributed by atoms with Gasteiger partial charge in [0.25, 0.3) is 0 Å². The second-order valence-corrected chi connectivity index (χ2v) is 2.27. The van der Waals surface area contributed by atoms with E-state index in [4.69, 9.17) is 5.11 Å². The maximum absolute atomic E-state index is 10.4. The summed E-state index contributed by atoms with van der Waals surface area (Å²) in [6.45, 7) is 1.55. The number of aliphatic carboxylic acids is 1. The number of rotatable bonds is 4. The van der Waals surface area contributed by atoms with E-state index in [-0.39, 0.29) is 26.3 Å². The summed E-state index contributed by atoms with van der Waals surface area (Å²) in [7, 11) is 1.59. The molecule has 0 aliphatic carbocycles. The number of carboxylic acids is 1. The van der Waals surface area contributed by atoms with Crippen molar-refractivity contribution in [2.24, 2.45) is 0 Å². The highest BCUT2D eigenvalue weighted by molar-refractivity contribution is 5.78. The van der Waals surface area contributed by atoms with Crippen molar-refractivity contribution in [1.82, 2.24) is 4.90 Å². The van der Waals surface area contributed by atoms with Crippen molar-refractivity contribution in [3.63, 3.8) is 0 Å². The Balaban J connectivity index is 0. The Morgan fingerprint density at radius 3 is 2.09 bits per heavy atom. The maximum atomic E-state index is 10.4. The zero-order valence-corrected chi connectivity index (χ0v) is 6.13. The van der Waals surface area contributed by atoms with E-state index < -0.39 is 5.97 Å². The fraction of sp³-hybridized carbons (Fsp3) is 0.714. The molecule has 0 aromatic carbocycles. The Bertz CT molecular complexity index is 129. The van der Waals surface area contributed by atoms with Gasteiger partial charge in [-0.05, 0) is 14.0 Å². The van der Waals surface area contributed by atoms with Gasteiger partial charge in [0.1, 0.15) is 5.78 Å². The molecule has 0 rings (SSSR count). The first-order chi connectivity index (χ1) is 4.52. The molecule has 0 spiro atoms. The molecule has 0 bridgehead atoms. The van der Waals surface area contributed by atoms with Gasteiger partial charge in [0.05, 0.1) is 13.1 Å². The molecule has 0 amide bonds. The monoisotopic (exact) mass is 161 g/mol. The zero-order chi connectivity index (χ0) is 8.15. The molecule has 0 aromatic rings. The van der Waals surface area contributed by atoms with Crippen LogP contribution in [0, 0.1) is 0 Å². The van der Waals surface area contributed by atoms with Crippen molar-refractivity contribution < 1.29 is 14.7 Å². The topological polar surface area (TPSA) is 57.6 Å². The number of ketones is 1. The van der Waals surface area contributed by atoms with Gasteiger partial charge in [-0.25, -0.2) is 0 Å². The Hall–Kier alpha value is -0.900. The number of Topliss-reactive ketones (excluding diaryl/α,β-unsaturated/α-hetero) is 1. The highest BCUT2D eigenvalue weighted by Gasteiger charge is 2.04. The number of likely N-dealkylation sites (N-methyl/N-ethyl adjacent to an activating group) is 1. The lowest BCUT2D eigenvalue weighted by Crippen LogP contribution is -2.29. The molecule has 0 unspecified atom stereocenters. The summed E-state index contributed by atoms with van der Waals surface area (Å²) in [6.07, 6.45) is 0. The average Bonchev–Trinajstić information content (AvgIpc) is 1.58. The summed E-state index contributed by atoms with van der Waals surface area (Å²) in [6, 6.07) is 0. The lowest BCUT2D eigenvalue weighted by Gasteiger charge is -2.09. The van der Waals surface area contributed by atoms with Crippen LogP contribution in [0.4, 0.5) is 0 Å². The van der Waals surface area contributed by atoms with E-state index >= 15 is 0 Å². The molecule has 0 heterocycles. The van der Waals surface area contributed by atoms with E-state index in [2.05, 4.69) is 0 Å². The molecular weight excluding hydrogens is 146 g/mol. The van der Waals surface area contributed by atoms with Gasteiger partial charge in [0, 0.05) is 0 Å². The van der Waals surface area contributed by atoms with Crippen molar-refractivity contribution in [3.8, 4) is 0 Å². The van der Waals surface area contributed by atoms with Crippen LogP contribution in [-0.2, 0) is 9.59 Å². The van der Waals surface area contributed by atoms with Crippen molar-refractivity contribution >= 4 is 11.8 Å². The van der Waals surface area contributed by atoms with Crippen LogP contribution in [0.25, 0.3) is 0 Å². The lowest BCUT2D eigenvalue weighted by atomic mass is 10.4. The second kappa shape index (κ2) is 5.85. The molecule has 66 valence electrons. The summed E-state index contributed by atoms with van der Waals surface area (Å²) in [5.41, 5.74) is 0. The van der Waals surface area contributed by atoms with E-state index in [1.807, 2.05) is 0 Å². The van der Waals surface area contributed by atoms with Gasteiger partial charge in [-0.1, -0.05) is 7.43 Å². The van der Waals surface area contributed by atoms with Gasteiger partial charge in [0.2, 0.25) is 0 Å². The predicted molar refractivity (Wildman–Crippen MR) is 42.5 cm³/mol. The van der Waals surface area contributed by atoms with Crippen LogP contribution < -0.4 is 0 Å². The Morgan fingerprint density at radius 2 is 1.82 bits per heavy atom. The minimum absolute atomic E-state index is 0. The van der Waals surface area contributed by atoms with Gasteiger partial charge in [-0.3, -0.25) is 14.5 Å². The number of carbonyl (C=O) groups is 2. The fourth-order valence-electron chi connectivity index (χ4n) is 0.667. The van der Waals surface area contributed by atoms with Crippen molar-refractivity contribution in [2.75, 3.05) is 20.1 Å². The molecule has 1 N–H and O–H groups in total. The van der Waals surface area contributed by atoms with Crippen LogP contribution in [0.3, 0.4) is 0 Å². The molecular formula is C7H15NO3. The Kier molecular flexibility index (Phi) is 6.78. The summed E-state index contributed by atoms with van der Waals surface area (Å²) in [5, 5.41) is 8.24. The zero-order valence-electron chi connectivity index (χ0n) is 6.13. The summed E-state index contributed by atoms with van der Waals surface area (Å²) >= 11 is 0. The Morgan fingerprint density at radius 1 is 1.36 bits per heavy atom. The SMILES string of the molecule is C.CC(=O)CN(C)CC(=O)O. The third kappa shape index (κ3) is 9.10. The first kappa shape index (κ1) is 12.7. The normalized spacial score (nSPS) is 9.00. The molecule has 0 aliphatic heterocycles. The smallest absolute Gasteiger partial charge is 0.317 e. The van der Waals surface area contributed by atoms with E-state index in [0.717, 1.165) is 0 Å². The van der Waals surface area contributed by atoms with E-state index in [9.17, 15) is 9.59 Å². The summed E-state index contributed by atoms with van der Waals surface area (Å²) in [5.74, 6) is -0.937. The number of hydrogen-bond donors (Lipinski definition) is 1. The van der Waals surface area contributed by atoms with Crippen molar-refractivity contribution in [1.29, 1.82) is 0 Å². The Labute approximate surface area is 66.8 Å². The molecule has 4 nitrogen and oxygen atoms in total. The van der Waals surface area contributed by atoms with Crippen molar-refractivity contribution in [3.05, 3.63) is 0 Å². The van der Waals surface area contributed by atoms with E-state index in [0.29, 0.717) is 0 Å². The van der Waals surface area contributed by atoms with Gasteiger partial charge < -0.3 is 5.11 Å². The minimum atomic E-state index is -0.913. The number of nitrogens with zero attached hydrogens (tertiary/aromatic N) is 1. The molecule has 0 aromatic heterocycles. The van der Waals surface area contributed by atoms with Gasteiger partial charge in [-0.2, -0.15) is 0 Å². The third-order valence-electron chi connectivity index (χ3n) is 0.898. The largest absolute Gasteiger partial charge is 0.480 e. The molecule has 0 saturated carbocycles. The molecule has 0 saturated heterocycles. The first-order valence-corrected chi connectivity index (χ1v) is 2.92. The number of carboxylic acid groups (broad SMARTS) is 1. The van der Waals surface area contributed by atoms with Gasteiger partial charge in [-0.15, -0.1) is 0 Å². The minimum Gasteiger partial charge on any atom is -0.480 e. The standard InChI is InChI=1S/C6H11NO3.CH4/c1-5(8)3-7(2)4-6(9)10;/h3-4H2,1-2H3,(H,9,10);1H4. The average molecular weight is 161 g/mol. The van der Waals surface area contributed by atoms with E-state index in [1.54, 1.807) is 7.05 Å². The first-order valence-electron chi connectivity index (χ1n) is 2.92. The van der Waals surface area contributed by atoms with Crippen LogP contribution >= 0.6 is 0 Å². The maximum Gasteiger partial charge on any atom is 0.317 e. The highest BCUT2D eigenvalue weighted by atomic mass is 16.4.